The van der Waals surface area contributed by atoms with Crippen molar-refractivity contribution in [3.05, 3.63) is 18.0 Å². The minimum atomic E-state index is 0.243. The third kappa shape index (κ3) is 4.72. The molecule has 0 aliphatic heterocycles. The van der Waals surface area contributed by atoms with Crippen LogP contribution in [-0.2, 0) is 6.54 Å². The monoisotopic (exact) mass is 236 g/mol. The number of carbonyl (C=O) groups excluding carboxylic acids is 1. The Labute approximate surface area is 104 Å². The maximum Gasteiger partial charge on any atom is 0.180 e. The van der Waals surface area contributed by atoms with Crippen LogP contribution in [0.1, 0.15) is 69.3 Å². The zero-order valence-electron chi connectivity index (χ0n) is 11.1. The number of aromatic nitrogens is 2. The zero-order valence-corrected chi connectivity index (χ0v) is 11.1. The van der Waals surface area contributed by atoms with Gasteiger partial charge in [-0.05, 0) is 18.9 Å². The molecule has 0 fully saturated rings. The lowest BCUT2D eigenvalue weighted by Gasteiger charge is -2.05. The van der Waals surface area contributed by atoms with Gasteiger partial charge < -0.3 is 0 Å². The van der Waals surface area contributed by atoms with Gasteiger partial charge in [-0.3, -0.25) is 9.48 Å². The molecule has 3 nitrogen and oxygen atoms in total. The third-order valence-corrected chi connectivity index (χ3v) is 2.95. The molecule has 0 atom stereocenters. The van der Waals surface area contributed by atoms with Crippen molar-refractivity contribution in [1.82, 2.24) is 9.78 Å². The first-order valence-electron chi connectivity index (χ1n) is 6.84. The maximum absolute atomic E-state index is 12.0. The van der Waals surface area contributed by atoms with Crippen LogP contribution in [-0.4, -0.2) is 15.6 Å². The largest absolute Gasteiger partial charge is 0.292 e. The Bertz CT molecular complexity index is 331. The Morgan fingerprint density at radius 1 is 1.18 bits per heavy atom. The van der Waals surface area contributed by atoms with Crippen LogP contribution in [0.25, 0.3) is 0 Å². The van der Waals surface area contributed by atoms with E-state index in [1.54, 1.807) is 6.20 Å². The van der Waals surface area contributed by atoms with E-state index in [1.165, 1.54) is 25.7 Å². The van der Waals surface area contributed by atoms with Crippen LogP contribution in [0.3, 0.4) is 0 Å². The molecule has 0 saturated carbocycles. The van der Waals surface area contributed by atoms with Crippen molar-refractivity contribution >= 4 is 5.78 Å². The van der Waals surface area contributed by atoms with Gasteiger partial charge in [0.15, 0.2) is 5.78 Å². The molecule has 1 heterocycles. The molecule has 0 aliphatic carbocycles. The van der Waals surface area contributed by atoms with Gasteiger partial charge in [-0.15, -0.1) is 0 Å². The van der Waals surface area contributed by atoms with E-state index in [9.17, 15) is 4.79 Å². The van der Waals surface area contributed by atoms with E-state index in [0.29, 0.717) is 6.42 Å². The molecule has 0 aliphatic rings. The van der Waals surface area contributed by atoms with Crippen LogP contribution >= 0.6 is 0 Å². The molecule has 0 N–H and O–H groups in total. The highest BCUT2D eigenvalue weighted by atomic mass is 16.1. The van der Waals surface area contributed by atoms with Gasteiger partial charge in [0.1, 0.15) is 5.69 Å². The smallest absolute Gasteiger partial charge is 0.180 e. The van der Waals surface area contributed by atoms with Crippen LogP contribution in [0.5, 0.6) is 0 Å². The number of aryl methyl sites for hydroxylation is 1. The molecule has 1 aromatic heterocycles. The van der Waals surface area contributed by atoms with E-state index in [1.807, 2.05) is 10.7 Å². The van der Waals surface area contributed by atoms with E-state index in [2.05, 4.69) is 18.9 Å². The fourth-order valence-electron chi connectivity index (χ4n) is 1.98. The van der Waals surface area contributed by atoms with Crippen LogP contribution in [0, 0.1) is 0 Å². The minimum absolute atomic E-state index is 0.243. The lowest BCUT2D eigenvalue weighted by Crippen LogP contribution is -2.10. The summed E-state index contributed by atoms with van der Waals surface area (Å²) in [5, 5.41) is 4.18. The molecule has 1 aromatic rings. The maximum atomic E-state index is 12.0. The van der Waals surface area contributed by atoms with E-state index in [4.69, 9.17) is 0 Å². The fraction of sp³-hybridized carbons (Fsp3) is 0.714. The van der Waals surface area contributed by atoms with Gasteiger partial charge in [0.05, 0.1) is 0 Å². The van der Waals surface area contributed by atoms with Gasteiger partial charge in [-0.1, -0.05) is 39.5 Å². The lowest BCUT2D eigenvalue weighted by atomic mass is 10.1. The number of ketones is 1. The van der Waals surface area contributed by atoms with Gasteiger partial charge in [0, 0.05) is 19.2 Å². The Morgan fingerprint density at radius 2 is 1.94 bits per heavy atom. The number of carbonyl (C=O) groups is 1. The standard InChI is InChI=1S/C14H24N2O/c1-3-5-6-7-8-9-14(17)13-10-11-15-16(13)12-4-2/h10-11H,3-9,12H2,1-2H3. The third-order valence-electron chi connectivity index (χ3n) is 2.95. The lowest BCUT2D eigenvalue weighted by molar-refractivity contribution is 0.0968. The molecule has 96 valence electrons. The molecular weight excluding hydrogens is 212 g/mol. The predicted octanol–water partition coefficient (Wildman–Crippen LogP) is 3.84. The van der Waals surface area contributed by atoms with Crippen molar-refractivity contribution in [2.24, 2.45) is 0 Å². The highest BCUT2D eigenvalue weighted by molar-refractivity contribution is 5.94. The summed E-state index contributed by atoms with van der Waals surface area (Å²) in [6.45, 7) is 5.14. The van der Waals surface area contributed by atoms with Crippen molar-refractivity contribution < 1.29 is 4.79 Å². The Kier molecular flexibility index (Phi) is 6.60. The first-order chi connectivity index (χ1) is 8.29. The summed E-state index contributed by atoms with van der Waals surface area (Å²) in [5.41, 5.74) is 0.780. The Hall–Kier alpha value is -1.12. The van der Waals surface area contributed by atoms with Crippen LogP contribution in [0.15, 0.2) is 12.3 Å². The molecule has 0 bridgehead atoms. The minimum Gasteiger partial charge on any atom is -0.292 e. The molecule has 1 rings (SSSR count). The molecule has 0 amide bonds. The van der Waals surface area contributed by atoms with Crippen molar-refractivity contribution in [2.45, 2.75) is 65.3 Å². The van der Waals surface area contributed by atoms with Gasteiger partial charge in [0.25, 0.3) is 0 Å². The van der Waals surface area contributed by atoms with Gasteiger partial charge in [0.2, 0.25) is 0 Å². The average molecular weight is 236 g/mol. The SMILES string of the molecule is CCCCCCCC(=O)c1ccnn1CCC. The quantitative estimate of drug-likeness (QED) is 0.482. The molecule has 0 saturated heterocycles. The molecular formula is C14H24N2O. The van der Waals surface area contributed by atoms with Crippen molar-refractivity contribution in [3.8, 4) is 0 Å². The number of Topliss-reactive ketones (excluding diaryl/α,β-unsaturated/α-hetero) is 1. The number of nitrogens with zero attached hydrogens (tertiary/aromatic N) is 2. The van der Waals surface area contributed by atoms with Gasteiger partial charge >= 0.3 is 0 Å². The van der Waals surface area contributed by atoms with Crippen LogP contribution in [0.4, 0.5) is 0 Å². The topological polar surface area (TPSA) is 34.9 Å². The van der Waals surface area contributed by atoms with Crippen LogP contribution in [0.2, 0.25) is 0 Å². The van der Waals surface area contributed by atoms with Crippen molar-refractivity contribution in [1.29, 1.82) is 0 Å². The summed E-state index contributed by atoms with van der Waals surface area (Å²) >= 11 is 0. The summed E-state index contributed by atoms with van der Waals surface area (Å²) < 4.78 is 1.83. The molecule has 0 radical (unpaired) electrons. The summed E-state index contributed by atoms with van der Waals surface area (Å²) in [6.07, 6.45) is 9.35. The number of unbranched alkanes of at least 4 members (excludes halogenated alkanes) is 4. The molecule has 0 spiro atoms. The van der Waals surface area contributed by atoms with E-state index in [-0.39, 0.29) is 5.78 Å². The van der Waals surface area contributed by atoms with Crippen molar-refractivity contribution in [2.75, 3.05) is 0 Å². The number of hydrogen-bond acceptors (Lipinski definition) is 2. The molecule has 0 aromatic carbocycles. The number of rotatable bonds is 9. The van der Waals surface area contributed by atoms with E-state index < -0.39 is 0 Å². The second-order valence-electron chi connectivity index (χ2n) is 4.53. The highest BCUT2D eigenvalue weighted by Gasteiger charge is 2.10. The molecule has 17 heavy (non-hydrogen) atoms. The first-order valence-corrected chi connectivity index (χ1v) is 6.84. The molecule has 0 unspecified atom stereocenters. The predicted molar refractivity (Wildman–Crippen MR) is 70.2 cm³/mol. The van der Waals surface area contributed by atoms with E-state index in [0.717, 1.165) is 25.1 Å². The zero-order chi connectivity index (χ0) is 12.5. The fourth-order valence-corrected chi connectivity index (χ4v) is 1.98. The highest BCUT2D eigenvalue weighted by Crippen LogP contribution is 2.10. The van der Waals surface area contributed by atoms with Gasteiger partial charge in [-0.25, -0.2) is 0 Å². The van der Waals surface area contributed by atoms with Crippen LogP contribution < -0.4 is 0 Å². The summed E-state index contributed by atoms with van der Waals surface area (Å²) in [5.74, 6) is 0.243. The Balaban J connectivity index is 2.33. The average Bonchev–Trinajstić information content (AvgIpc) is 2.77. The summed E-state index contributed by atoms with van der Waals surface area (Å²) in [4.78, 5) is 12.0. The summed E-state index contributed by atoms with van der Waals surface area (Å²) in [6, 6.07) is 1.84. The second kappa shape index (κ2) is 8.04. The summed E-state index contributed by atoms with van der Waals surface area (Å²) in [7, 11) is 0. The molecule has 3 heteroatoms. The normalized spacial score (nSPS) is 10.7. The second-order valence-corrected chi connectivity index (χ2v) is 4.53. The van der Waals surface area contributed by atoms with Crippen molar-refractivity contribution in [3.63, 3.8) is 0 Å². The first kappa shape index (κ1) is 13.9. The number of hydrogen-bond donors (Lipinski definition) is 0. The Morgan fingerprint density at radius 3 is 2.65 bits per heavy atom. The van der Waals surface area contributed by atoms with Gasteiger partial charge in [-0.2, -0.15) is 5.10 Å². The van der Waals surface area contributed by atoms with E-state index >= 15 is 0 Å².